The third-order valence-corrected chi connectivity index (χ3v) is 3.65. The van der Waals surface area contributed by atoms with E-state index >= 15 is 0 Å². The van der Waals surface area contributed by atoms with Crippen LogP contribution in [0.25, 0.3) is 10.9 Å². The van der Waals surface area contributed by atoms with E-state index in [0.717, 1.165) is 16.5 Å². The Morgan fingerprint density at radius 3 is 2.74 bits per heavy atom. The van der Waals surface area contributed by atoms with Crippen LogP contribution in [0.4, 0.5) is 0 Å². The van der Waals surface area contributed by atoms with Crippen molar-refractivity contribution < 1.29 is 9.53 Å². The van der Waals surface area contributed by atoms with Crippen LogP contribution in [-0.2, 0) is 7.05 Å². The number of fused-ring (bicyclic) bond motifs is 1. The molecule has 23 heavy (non-hydrogen) atoms. The minimum Gasteiger partial charge on any atom is -0.496 e. The molecule has 1 N–H and O–H groups in total. The maximum absolute atomic E-state index is 12.2. The molecule has 5 nitrogen and oxygen atoms in total. The normalized spacial score (nSPS) is 11.0. The van der Waals surface area contributed by atoms with Crippen LogP contribution in [0.15, 0.2) is 59.8 Å². The highest BCUT2D eigenvalue weighted by molar-refractivity contribution is 6.01. The number of nitrogens with one attached hydrogen (secondary N) is 1. The van der Waals surface area contributed by atoms with E-state index in [9.17, 15) is 4.79 Å². The third kappa shape index (κ3) is 2.94. The lowest BCUT2D eigenvalue weighted by Crippen LogP contribution is -2.18. The van der Waals surface area contributed by atoms with Crippen LogP contribution < -0.4 is 10.2 Å². The summed E-state index contributed by atoms with van der Waals surface area (Å²) in [4.78, 5) is 12.2. The molecule has 1 amide bonds. The number of rotatable bonds is 4. The number of aryl methyl sites for hydroxylation is 1. The average Bonchev–Trinajstić information content (AvgIpc) is 2.91. The SMILES string of the molecule is COc1ccccc1C(=O)N/N=C\c1cn(C)c2ccccc12. The molecule has 1 heterocycles. The number of methoxy groups -OCH3 is 1. The number of para-hydroxylation sites is 2. The maximum atomic E-state index is 12.2. The van der Waals surface area contributed by atoms with E-state index in [1.54, 1.807) is 24.4 Å². The number of nitrogens with zero attached hydrogens (tertiary/aromatic N) is 2. The summed E-state index contributed by atoms with van der Waals surface area (Å²) in [6.45, 7) is 0. The fraction of sp³-hybridized carbons (Fsp3) is 0.111. The molecule has 0 spiro atoms. The molecule has 2 aromatic carbocycles. The summed E-state index contributed by atoms with van der Waals surface area (Å²) >= 11 is 0. The first-order valence-corrected chi connectivity index (χ1v) is 7.21. The van der Waals surface area contributed by atoms with Crippen molar-refractivity contribution in [3.8, 4) is 5.75 Å². The Kier molecular flexibility index (Phi) is 4.10. The second-order valence-electron chi connectivity index (χ2n) is 5.11. The van der Waals surface area contributed by atoms with Crippen molar-refractivity contribution in [1.82, 2.24) is 9.99 Å². The molecule has 0 radical (unpaired) electrons. The van der Waals surface area contributed by atoms with Gasteiger partial charge >= 0.3 is 0 Å². The molecule has 5 heteroatoms. The van der Waals surface area contributed by atoms with E-state index in [1.807, 2.05) is 48.1 Å². The van der Waals surface area contributed by atoms with Gasteiger partial charge in [-0.1, -0.05) is 30.3 Å². The van der Waals surface area contributed by atoms with Crippen molar-refractivity contribution in [3.05, 3.63) is 65.9 Å². The molecule has 0 atom stereocenters. The molecule has 1 aromatic heterocycles. The van der Waals surface area contributed by atoms with Crippen LogP contribution in [0.5, 0.6) is 5.75 Å². The van der Waals surface area contributed by atoms with Crippen LogP contribution in [-0.4, -0.2) is 23.8 Å². The molecule has 0 fully saturated rings. The summed E-state index contributed by atoms with van der Waals surface area (Å²) in [5.74, 6) is 0.212. The first-order chi connectivity index (χ1) is 11.2. The molecule has 0 aliphatic carbocycles. The lowest BCUT2D eigenvalue weighted by Gasteiger charge is -2.05. The van der Waals surface area contributed by atoms with Crippen molar-refractivity contribution in [1.29, 1.82) is 0 Å². The van der Waals surface area contributed by atoms with Gasteiger partial charge in [-0.3, -0.25) is 4.79 Å². The van der Waals surface area contributed by atoms with Crippen LogP contribution in [0.1, 0.15) is 15.9 Å². The second kappa shape index (κ2) is 6.36. The Morgan fingerprint density at radius 2 is 1.91 bits per heavy atom. The average molecular weight is 307 g/mol. The zero-order valence-electron chi connectivity index (χ0n) is 13.0. The predicted octanol–water partition coefficient (Wildman–Crippen LogP) is 2.95. The van der Waals surface area contributed by atoms with Gasteiger partial charge in [-0.25, -0.2) is 5.43 Å². The van der Waals surface area contributed by atoms with Gasteiger partial charge in [0.25, 0.3) is 5.91 Å². The van der Waals surface area contributed by atoms with E-state index in [1.165, 1.54) is 7.11 Å². The van der Waals surface area contributed by atoms with Gasteiger partial charge in [0.2, 0.25) is 0 Å². The second-order valence-corrected chi connectivity index (χ2v) is 5.11. The number of amides is 1. The number of hydrazone groups is 1. The summed E-state index contributed by atoms with van der Waals surface area (Å²) in [5, 5.41) is 5.15. The molecule has 0 saturated heterocycles. The van der Waals surface area contributed by atoms with E-state index in [0.29, 0.717) is 11.3 Å². The van der Waals surface area contributed by atoms with E-state index < -0.39 is 0 Å². The Hall–Kier alpha value is -3.08. The van der Waals surface area contributed by atoms with Crippen molar-refractivity contribution in [2.45, 2.75) is 0 Å². The predicted molar refractivity (Wildman–Crippen MR) is 91.0 cm³/mol. The molecule has 0 aliphatic rings. The van der Waals surface area contributed by atoms with Crippen molar-refractivity contribution >= 4 is 23.0 Å². The van der Waals surface area contributed by atoms with Gasteiger partial charge < -0.3 is 9.30 Å². The molecule has 0 bridgehead atoms. The van der Waals surface area contributed by atoms with Crippen LogP contribution in [0, 0.1) is 0 Å². The monoisotopic (exact) mass is 307 g/mol. The van der Waals surface area contributed by atoms with E-state index in [2.05, 4.69) is 10.5 Å². The molecule has 0 unspecified atom stereocenters. The van der Waals surface area contributed by atoms with Gasteiger partial charge in [-0.2, -0.15) is 5.10 Å². The summed E-state index contributed by atoms with van der Waals surface area (Å²) in [5.41, 5.74) is 5.05. The molecule has 0 saturated carbocycles. The lowest BCUT2D eigenvalue weighted by molar-refractivity contribution is 0.0952. The Labute approximate surface area is 134 Å². The van der Waals surface area contributed by atoms with E-state index in [-0.39, 0.29) is 5.91 Å². The molecular weight excluding hydrogens is 290 g/mol. The number of carbonyl (C=O) groups is 1. The standard InChI is InChI=1S/C18H17N3O2/c1-21-12-13(14-7-3-5-9-16(14)21)11-19-20-18(22)15-8-4-6-10-17(15)23-2/h3-12H,1-2H3,(H,20,22)/b19-11-. The number of carbonyl (C=O) groups excluding carboxylic acids is 1. The Balaban J connectivity index is 1.79. The number of ether oxygens (including phenoxy) is 1. The molecule has 0 aliphatic heterocycles. The number of hydrogen-bond acceptors (Lipinski definition) is 3. The quantitative estimate of drug-likeness (QED) is 0.595. The molecule has 3 rings (SSSR count). The lowest BCUT2D eigenvalue weighted by atomic mass is 10.2. The molecule has 116 valence electrons. The highest BCUT2D eigenvalue weighted by atomic mass is 16.5. The highest BCUT2D eigenvalue weighted by Crippen LogP contribution is 2.19. The van der Waals surface area contributed by atoms with Crippen molar-refractivity contribution in [3.63, 3.8) is 0 Å². The first-order valence-electron chi connectivity index (χ1n) is 7.21. The van der Waals surface area contributed by atoms with Gasteiger partial charge in [0.1, 0.15) is 5.75 Å². The number of benzene rings is 2. The maximum Gasteiger partial charge on any atom is 0.275 e. The Morgan fingerprint density at radius 1 is 1.17 bits per heavy atom. The van der Waals surface area contributed by atoms with Gasteiger partial charge in [-0.05, 0) is 18.2 Å². The molecule has 3 aromatic rings. The van der Waals surface area contributed by atoms with Crippen LogP contribution in [0.3, 0.4) is 0 Å². The van der Waals surface area contributed by atoms with Crippen molar-refractivity contribution in [2.24, 2.45) is 12.1 Å². The van der Waals surface area contributed by atoms with Gasteiger partial charge in [0, 0.05) is 29.7 Å². The minimum atomic E-state index is -0.307. The minimum absolute atomic E-state index is 0.307. The third-order valence-electron chi connectivity index (χ3n) is 3.65. The fourth-order valence-electron chi connectivity index (χ4n) is 2.53. The summed E-state index contributed by atoms with van der Waals surface area (Å²) < 4.78 is 7.20. The zero-order chi connectivity index (χ0) is 16.2. The van der Waals surface area contributed by atoms with E-state index in [4.69, 9.17) is 4.74 Å². The first kappa shape index (κ1) is 14.8. The summed E-state index contributed by atoms with van der Waals surface area (Å²) in [7, 11) is 3.51. The smallest absolute Gasteiger partial charge is 0.275 e. The van der Waals surface area contributed by atoms with Crippen LogP contribution in [0.2, 0.25) is 0 Å². The number of aromatic nitrogens is 1. The Bertz CT molecular complexity index is 881. The zero-order valence-corrected chi connectivity index (χ0v) is 13.0. The highest BCUT2D eigenvalue weighted by Gasteiger charge is 2.10. The van der Waals surface area contributed by atoms with Gasteiger partial charge in [0.05, 0.1) is 18.9 Å². The summed E-state index contributed by atoms with van der Waals surface area (Å²) in [6.07, 6.45) is 3.62. The van der Waals surface area contributed by atoms with Crippen LogP contribution >= 0.6 is 0 Å². The molecular formula is C18H17N3O2. The van der Waals surface area contributed by atoms with Gasteiger partial charge in [0.15, 0.2) is 0 Å². The largest absolute Gasteiger partial charge is 0.496 e. The van der Waals surface area contributed by atoms with Crippen molar-refractivity contribution in [2.75, 3.05) is 7.11 Å². The van der Waals surface area contributed by atoms with Gasteiger partial charge in [-0.15, -0.1) is 0 Å². The summed E-state index contributed by atoms with van der Waals surface area (Å²) in [6, 6.07) is 15.1. The fourth-order valence-corrected chi connectivity index (χ4v) is 2.53. The number of hydrogen-bond donors (Lipinski definition) is 1. The topological polar surface area (TPSA) is 55.6 Å².